The van der Waals surface area contributed by atoms with Crippen molar-refractivity contribution in [3.05, 3.63) is 29.6 Å². The number of halogens is 1. The van der Waals surface area contributed by atoms with Gasteiger partial charge in [0.1, 0.15) is 0 Å². The molecule has 1 unspecified atom stereocenters. The molecule has 3 heteroatoms. The highest BCUT2D eigenvalue weighted by atomic mass is 19.1. The van der Waals surface area contributed by atoms with E-state index in [9.17, 15) is 4.39 Å². The molecule has 0 bridgehead atoms. The summed E-state index contributed by atoms with van der Waals surface area (Å²) in [5.41, 5.74) is 6.24. The van der Waals surface area contributed by atoms with Crippen LogP contribution in [0.5, 0.6) is 0 Å². The first-order valence-electron chi connectivity index (χ1n) is 6.79. The summed E-state index contributed by atoms with van der Waals surface area (Å²) >= 11 is 0. The van der Waals surface area contributed by atoms with Crippen LogP contribution in [-0.2, 0) is 11.3 Å². The second-order valence-electron chi connectivity index (χ2n) is 4.75. The van der Waals surface area contributed by atoms with Crippen molar-refractivity contribution in [2.45, 2.75) is 46.1 Å². The van der Waals surface area contributed by atoms with Gasteiger partial charge in [0.05, 0.1) is 12.3 Å². The van der Waals surface area contributed by atoms with E-state index in [0.717, 1.165) is 6.42 Å². The quantitative estimate of drug-likeness (QED) is 0.707. The Balaban J connectivity index is 2.38. The summed E-state index contributed by atoms with van der Waals surface area (Å²) in [7, 11) is 0. The van der Waals surface area contributed by atoms with E-state index >= 15 is 0 Å². The molecule has 0 radical (unpaired) electrons. The summed E-state index contributed by atoms with van der Waals surface area (Å²) in [5.74, 6) is 0.230. The molecular weight excluding hydrogens is 229 g/mol. The van der Waals surface area contributed by atoms with Crippen molar-refractivity contribution in [1.82, 2.24) is 0 Å². The molecule has 0 heterocycles. The monoisotopic (exact) mass is 253 g/mol. The minimum Gasteiger partial charge on any atom is -0.396 e. The molecule has 102 valence electrons. The van der Waals surface area contributed by atoms with Gasteiger partial charge in [0.25, 0.3) is 0 Å². The summed E-state index contributed by atoms with van der Waals surface area (Å²) in [6.45, 7) is 5.37. The predicted octanol–water partition coefficient (Wildman–Crippen LogP) is 4.14. The fourth-order valence-electron chi connectivity index (χ4n) is 1.94. The van der Waals surface area contributed by atoms with Crippen molar-refractivity contribution in [3.8, 4) is 0 Å². The molecule has 0 aromatic heterocycles. The average molecular weight is 253 g/mol. The standard InChI is InChI=1S/C15H24FNO/c1-3-5-7-12(4-2)10-18-11-13-8-6-9-14(17)15(13)16/h6,8-9,12H,3-5,7,10-11,17H2,1-2H3. The van der Waals surface area contributed by atoms with Crippen LogP contribution < -0.4 is 5.73 Å². The van der Waals surface area contributed by atoms with Gasteiger partial charge in [-0.15, -0.1) is 0 Å². The summed E-state index contributed by atoms with van der Waals surface area (Å²) in [6, 6.07) is 5.04. The van der Waals surface area contributed by atoms with E-state index < -0.39 is 0 Å². The Morgan fingerprint density at radius 2 is 2.11 bits per heavy atom. The van der Waals surface area contributed by atoms with Gasteiger partial charge >= 0.3 is 0 Å². The van der Waals surface area contributed by atoms with Crippen LogP contribution >= 0.6 is 0 Å². The molecular formula is C15H24FNO. The van der Waals surface area contributed by atoms with Gasteiger partial charge in [-0.2, -0.15) is 0 Å². The van der Waals surface area contributed by atoms with E-state index in [1.165, 1.54) is 19.3 Å². The molecule has 0 aliphatic rings. The Morgan fingerprint density at radius 1 is 1.33 bits per heavy atom. The van der Waals surface area contributed by atoms with Gasteiger partial charge in [0.15, 0.2) is 5.82 Å². The largest absolute Gasteiger partial charge is 0.396 e. The van der Waals surface area contributed by atoms with Crippen LogP contribution in [0.1, 0.15) is 45.1 Å². The van der Waals surface area contributed by atoms with Crippen LogP contribution in [0.4, 0.5) is 10.1 Å². The number of rotatable bonds is 8. The molecule has 0 aliphatic carbocycles. The molecule has 0 aliphatic heterocycles. The zero-order chi connectivity index (χ0) is 13.4. The fourth-order valence-corrected chi connectivity index (χ4v) is 1.94. The molecule has 18 heavy (non-hydrogen) atoms. The second kappa shape index (κ2) is 8.09. The predicted molar refractivity (Wildman–Crippen MR) is 73.8 cm³/mol. The zero-order valence-electron chi connectivity index (χ0n) is 11.4. The minimum absolute atomic E-state index is 0.189. The van der Waals surface area contributed by atoms with Gasteiger partial charge in [-0.1, -0.05) is 45.2 Å². The van der Waals surface area contributed by atoms with Crippen LogP contribution in [0.3, 0.4) is 0 Å². The van der Waals surface area contributed by atoms with Crippen molar-refractivity contribution in [3.63, 3.8) is 0 Å². The van der Waals surface area contributed by atoms with Crippen molar-refractivity contribution < 1.29 is 9.13 Å². The molecule has 2 nitrogen and oxygen atoms in total. The van der Waals surface area contributed by atoms with E-state index in [-0.39, 0.29) is 11.5 Å². The van der Waals surface area contributed by atoms with Crippen LogP contribution in [0.25, 0.3) is 0 Å². The van der Waals surface area contributed by atoms with Crippen molar-refractivity contribution in [2.24, 2.45) is 5.92 Å². The normalized spacial score (nSPS) is 12.6. The van der Waals surface area contributed by atoms with Gasteiger partial charge < -0.3 is 10.5 Å². The smallest absolute Gasteiger partial charge is 0.151 e. The number of nitrogen functional groups attached to an aromatic ring is 1. The molecule has 0 spiro atoms. The number of ether oxygens (including phenoxy) is 1. The molecule has 0 saturated carbocycles. The van der Waals surface area contributed by atoms with Crippen LogP contribution in [-0.4, -0.2) is 6.61 Å². The van der Waals surface area contributed by atoms with E-state index in [0.29, 0.717) is 24.7 Å². The molecule has 0 fully saturated rings. The molecule has 2 N–H and O–H groups in total. The Bertz CT molecular complexity index is 354. The van der Waals surface area contributed by atoms with E-state index in [1.807, 2.05) is 0 Å². The van der Waals surface area contributed by atoms with Gasteiger partial charge in [-0.05, 0) is 18.4 Å². The first-order valence-corrected chi connectivity index (χ1v) is 6.79. The topological polar surface area (TPSA) is 35.2 Å². The lowest BCUT2D eigenvalue weighted by Crippen LogP contribution is -2.09. The van der Waals surface area contributed by atoms with Crippen LogP contribution in [0, 0.1) is 11.7 Å². The molecule has 1 aromatic carbocycles. The summed E-state index contributed by atoms with van der Waals surface area (Å²) in [5, 5.41) is 0. The maximum atomic E-state index is 13.6. The Labute approximate surface area is 109 Å². The highest BCUT2D eigenvalue weighted by molar-refractivity contribution is 5.42. The third kappa shape index (κ3) is 4.65. The third-order valence-corrected chi connectivity index (χ3v) is 3.26. The van der Waals surface area contributed by atoms with Crippen molar-refractivity contribution in [2.75, 3.05) is 12.3 Å². The van der Waals surface area contributed by atoms with Gasteiger partial charge in [0, 0.05) is 12.2 Å². The molecule has 1 rings (SSSR count). The summed E-state index contributed by atoms with van der Waals surface area (Å²) in [6.07, 6.45) is 4.74. The minimum atomic E-state index is -0.348. The number of anilines is 1. The highest BCUT2D eigenvalue weighted by Crippen LogP contribution is 2.17. The average Bonchev–Trinajstić information content (AvgIpc) is 2.38. The number of hydrogen-bond donors (Lipinski definition) is 1. The maximum Gasteiger partial charge on any atom is 0.151 e. The first kappa shape index (κ1) is 15.0. The lowest BCUT2D eigenvalue weighted by atomic mass is 10.0. The third-order valence-electron chi connectivity index (χ3n) is 3.26. The molecule has 0 amide bonds. The molecule has 1 aromatic rings. The van der Waals surface area contributed by atoms with Gasteiger partial charge in [-0.3, -0.25) is 0 Å². The highest BCUT2D eigenvalue weighted by Gasteiger charge is 2.08. The maximum absolute atomic E-state index is 13.6. The number of benzene rings is 1. The molecule has 1 atom stereocenters. The van der Waals surface area contributed by atoms with Crippen LogP contribution in [0.2, 0.25) is 0 Å². The fraction of sp³-hybridized carbons (Fsp3) is 0.600. The lowest BCUT2D eigenvalue weighted by Gasteiger charge is -2.15. The zero-order valence-corrected chi connectivity index (χ0v) is 11.4. The Kier molecular flexibility index (Phi) is 6.73. The van der Waals surface area contributed by atoms with E-state index in [4.69, 9.17) is 10.5 Å². The number of nitrogens with two attached hydrogens (primary N) is 1. The molecule has 0 saturated heterocycles. The van der Waals surface area contributed by atoms with Crippen molar-refractivity contribution in [1.29, 1.82) is 0 Å². The summed E-state index contributed by atoms with van der Waals surface area (Å²) in [4.78, 5) is 0. The lowest BCUT2D eigenvalue weighted by molar-refractivity contribution is 0.0802. The van der Waals surface area contributed by atoms with Crippen LogP contribution in [0.15, 0.2) is 18.2 Å². The van der Waals surface area contributed by atoms with Crippen molar-refractivity contribution >= 4 is 5.69 Å². The summed E-state index contributed by atoms with van der Waals surface area (Å²) < 4.78 is 19.2. The van der Waals surface area contributed by atoms with Gasteiger partial charge in [-0.25, -0.2) is 4.39 Å². The van der Waals surface area contributed by atoms with E-state index in [1.54, 1.807) is 18.2 Å². The Morgan fingerprint density at radius 3 is 2.78 bits per heavy atom. The first-order chi connectivity index (χ1) is 8.69. The second-order valence-corrected chi connectivity index (χ2v) is 4.75. The van der Waals surface area contributed by atoms with E-state index in [2.05, 4.69) is 13.8 Å². The number of hydrogen-bond acceptors (Lipinski definition) is 2. The SMILES string of the molecule is CCCCC(CC)COCc1cccc(N)c1F. The number of unbranched alkanes of at least 4 members (excludes halogenated alkanes) is 1. The van der Waals surface area contributed by atoms with Gasteiger partial charge in [0.2, 0.25) is 0 Å². The Hall–Kier alpha value is -1.09.